The van der Waals surface area contributed by atoms with E-state index in [0.717, 1.165) is 52.2 Å². The van der Waals surface area contributed by atoms with Gasteiger partial charge in [-0.05, 0) is 52.4 Å². The largest absolute Gasteiger partial charge is 0.503 e. The maximum atomic E-state index is 10.1. The summed E-state index contributed by atoms with van der Waals surface area (Å²) in [5, 5.41) is 13.5. The first-order valence-electron chi connectivity index (χ1n) is 8.29. The van der Waals surface area contributed by atoms with E-state index in [2.05, 4.69) is 26.1 Å². The fraction of sp³-hybridized carbons (Fsp3) is 0.647. The van der Waals surface area contributed by atoms with Crippen LogP contribution in [0.1, 0.15) is 24.4 Å². The van der Waals surface area contributed by atoms with Crippen molar-refractivity contribution in [3.63, 3.8) is 0 Å². The quantitative estimate of drug-likeness (QED) is 0.835. The number of ether oxygens (including phenoxy) is 2. The van der Waals surface area contributed by atoms with Gasteiger partial charge in [0.15, 0.2) is 11.5 Å². The van der Waals surface area contributed by atoms with Crippen molar-refractivity contribution < 1.29 is 14.6 Å². The number of rotatable bonds is 4. The second kappa shape index (κ2) is 7.83. The van der Waals surface area contributed by atoms with Crippen LogP contribution in [0.25, 0.3) is 0 Å². The van der Waals surface area contributed by atoms with Crippen LogP contribution in [-0.2, 0) is 4.74 Å². The van der Waals surface area contributed by atoms with E-state index in [1.807, 2.05) is 12.1 Å². The SMILES string of the molecule is COc1cc([C@@H](C2CCOCC2)N2CCNCC2)cc(Br)c1O. The fourth-order valence-electron chi connectivity index (χ4n) is 3.69. The molecule has 0 aromatic heterocycles. The van der Waals surface area contributed by atoms with Crippen LogP contribution in [0.3, 0.4) is 0 Å². The van der Waals surface area contributed by atoms with Crippen molar-refractivity contribution in [2.45, 2.75) is 18.9 Å². The molecule has 2 aliphatic rings. The Hall–Kier alpha value is -0.820. The lowest BCUT2D eigenvalue weighted by atomic mass is 9.85. The molecule has 5 nitrogen and oxygen atoms in total. The highest BCUT2D eigenvalue weighted by Gasteiger charge is 2.32. The van der Waals surface area contributed by atoms with E-state index in [-0.39, 0.29) is 5.75 Å². The normalized spacial score (nSPS) is 22.0. The standard InChI is InChI=1S/C17H25BrN2O3/c1-22-15-11-13(10-14(18)17(15)21)16(12-2-8-23-9-3-12)20-6-4-19-5-7-20/h10-12,16,19,21H,2-9H2,1H3/t16-/m1/s1. The summed E-state index contributed by atoms with van der Waals surface area (Å²) in [6.07, 6.45) is 2.16. The summed E-state index contributed by atoms with van der Waals surface area (Å²) in [5.74, 6) is 1.27. The Balaban J connectivity index is 1.94. The first-order valence-corrected chi connectivity index (χ1v) is 9.09. The van der Waals surface area contributed by atoms with Gasteiger partial charge in [0.05, 0.1) is 11.6 Å². The molecule has 128 valence electrons. The molecule has 0 amide bonds. The third kappa shape index (κ3) is 3.82. The van der Waals surface area contributed by atoms with Crippen molar-refractivity contribution in [1.29, 1.82) is 0 Å². The maximum Gasteiger partial charge on any atom is 0.172 e. The Morgan fingerprint density at radius 2 is 2.00 bits per heavy atom. The Morgan fingerprint density at radius 3 is 2.65 bits per heavy atom. The number of benzene rings is 1. The van der Waals surface area contributed by atoms with Crippen molar-refractivity contribution in [3.8, 4) is 11.5 Å². The molecule has 0 radical (unpaired) electrons. The lowest BCUT2D eigenvalue weighted by molar-refractivity contribution is 0.0212. The second-order valence-electron chi connectivity index (χ2n) is 6.23. The molecule has 0 unspecified atom stereocenters. The van der Waals surface area contributed by atoms with Crippen LogP contribution < -0.4 is 10.1 Å². The fourth-order valence-corrected chi connectivity index (χ4v) is 4.15. The lowest BCUT2D eigenvalue weighted by Crippen LogP contribution is -2.47. The molecular formula is C17H25BrN2O3. The van der Waals surface area contributed by atoms with Crippen LogP contribution in [0, 0.1) is 5.92 Å². The molecule has 0 spiro atoms. The van der Waals surface area contributed by atoms with Crippen LogP contribution in [-0.4, -0.2) is 56.5 Å². The van der Waals surface area contributed by atoms with Gasteiger partial charge < -0.3 is 19.9 Å². The molecule has 6 heteroatoms. The van der Waals surface area contributed by atoms with Crippen molar-refractivity contribution in [3.05, 3.63) is 22.2 Å². The zero-order chi connectivity index (χ0) is 16.2. The van der Waals surface area contributed by atoms with E-state index in [1.165, 1.54) is 5.56 Å². The van der Waals surface area contributed by atoms with Gasteiger partial charge in [-0.2, -0.15) is 0 Å². The van der Waals surface area contributed by atoms with Crippen molar-refractivity contribution in [2.24, 2.45) is 5.92 Å². The topological polar surface area (TPSA) is 54.0 Å². The van der Waals surface area contributed by atoms with Gasteiger partial charge in [0.25, 0.3) is 0 Å². The number of phenols is 1. The lowest BCUT2D eigenvalue weighted by Gasteiger charge is -2.41. The molecule has 2 heterocycles. The van der Waals surface area contributed by atoms with Crippen LogP contribution in [0.4, 0.5) is 0 Å². The number of piperazine rings is 1. The van der Waals surface area contributed by atoms with Gasteiger partial charge in [-0.1, -0.05) is 0 Å². The van der Waals surface area contributed by atoms with Crippen LogP contribution in [0.15, 0.2) is 16.6 Å². The van der Waals surface area contributed by atoms with Crippen LogP contribution in [0.2, 0.25) is 0 Å². The van der Waals surface area contributed by atoms with Crippen LogP contribution >= 0.6 is 15.9 Å². The molecule has 1 atom stereocenters. The zero-order valence-corrected chi connectivity index (χ0v) is 15.1. The number of nitrogens with zero attached hydrogens (tertiary/aromatic N) is 1. The van der Waals surface area contributed by atoms with Gasteiger partial charge >= 0.3 is 0 Å². The summed E-state index contributed by atoms with van der Waals surface area (Å²) in [6.45, 7) is 5.81. The number of aromatic hydroxyl groups is 1. The molecule has 1 aromatic carbocycles. The molecule has 2 aliphatic heterocycles. The molecule has 1 aromatic rings. The summed E-state index contributed by atoms with van der Waals surface area (Å²) in [4.78, 5) is 2.56. The third-order valence-corrected chi connectivity index (χ3v) is 5.47. The van der Waals surface area contributed by atoms with Gasteiger partial charge in [0.1, 0.15) is 0 Å². The Labute approximate surface area is 146 Å². The van der Waals surface area contributed by atoms with Crippen molar-refractivity contribution in [2.75, 3.05) is 46.5 Å². The molecule has 23 heavy (non-hydrogen) atoms. The van der Waals surface area contributed by atoms with E-state index in [4.69, 9.17) is 9.47 Å². The third-order valence-electron chi connectivity index (χ3n) is 4.87. The van der Waals surface area contributed by atoms with Gasteiger partial charge in [0, 0.05) is 45.4 Å². The second-order valence-corrected chi connectivity index (χ2v) is 7.09. The molecule has 0 saturated carbocycles. The predicted molar refractivity (Wildman–Crippen MR) is 93.1 cm³/mol. The molecule has 0 bridgehead atoms. The van der Waals surface area contributed by atoms with Gasteiger partial charge in [-0.15, -0.1) is 0 Å². The first-order chi connectivity index (χ1) is 11.2. The van der Waals surface area contributed by atoms with E-state index in [1.54, 1.807) is 7.11 Å². The van der Waals surface area contributed by atoms with Gasteiger partial charge in [0.2, 0.25) is 0 Å². The monoisotopic (exact) mass is 384 g/mol. The number of methoxy groups -OCH3 is 1. The Bertz CT molecular complexity index is 511. The van der Waals surface area contributed by atoms with Gasteiger partial charge in [-0.25, -0.2) is 0 Å². The summed E-state index contributed by atoms with van der Waals surface area (Å²) >= 11 is 3.47. The minimum absolute atomic E-state index is 0.169. The van der Waals surface area contributed by atoms with E-state index in [9.17, 15) is 5.11 Å². The summed E-state index contributed by atoms with van der Waals surface area (Å²) in [7, 11) is 1.60. The number of halogens is 1. The first kappa shape index (κ1) is 17.0. The summed E-state index contributed by atoms with van der Waals surface area (Å²) < 4.78 is 11.6. The highest BCUT2D eigenvalue weighted by molar-refractivity contribution is 9.10. The average Bonchev–Trinajstić information content (AvgIpc) is 2.60. The highest BCUT2D eigenvalue weighted by Crippen LogP contribution is 2.42. The number of nitrogens with one attached hydrogen (secondary N) is 1. The van der Waals surface area contributed by atoms with E-state index < -0.39 is 0 Å². The molecular weight excluding hydrogens is 360 g/mol. The molecule has 2 saturated heterocycles. The zero-order valence-electron chi connectivity index (χ0n) is 13.6. The maximum absolute atomic E-state index is 10.1. The average molecular weight is 385 g/mol. The van der Waals surface area contributed by atoms with E-state index in [0.29, 0.717) is 22.2 Å². The molecule has 2 fully saturated rings. The van der Waals surface area contributed by atoms with Gasteiger partial charge in [-0.3, -0.25) is 4.90 Å². The molecule has 0 aliphatic carbocycles. The number of hydrogen-bond acceptors (Lipinski definition) is 5. The van der Waals surface area contributed by atoms with E-state index >= 15 is 0 Å². The molecule has 3 rings (SSSR count). The summed E-state index contributed by atoms with van der Waals surface area (Å²) in [5.41, 5.74) is 1.21. The molecule has 2 N–H and O–H groups in total. The Kier molecular flexibility index (Phi) is 5.80. The van der Waals surface area contributed by atoms with Crippen molar-refractivity contribution >= 4 is 15.9 Å². The Morgan fingerprint density at radius 1 is 1.30 bits per heavy atom. The summed E-state index contributed by atoms with van der Waals surface area (Å²) in [6, 6.07) is 4.37. The minimum Gasteiger partial charge on any atom is -0.503 e. The predicted octanol–water partition coefficient (Wildman–Crippen LogP) is 2.54. The van der Waals surface area contributed by atoms with Crippen LogP contribution in [0.5, 0.6) is 11.5 Å². The number of phenolic OH excluding ortho intramolecular Hbond substituents is 1. The smallest absolute Gasteiger partial charge is 0.172 e. The van der Waals surface area contributed by atoms with Crippen molar-refractivity contribution in [1.82, 2.24) is 10.2 Å². The highest BCUT2D eigenvalue weighted by atomic mass is 79.9. The minimum atomic E-state index is 0.169. The number of hydrogen-bond donors (Lipinski definition) is 2.